The van der Waals surface area contributed by atoms with Gasteiger partial charge in [0.1, 0.15) is 18.4 Å². The van der Waals surface area contributed by atoms with Crippen molar-refractivity contribution in [3.8, 4) is 5.75 Å². The zero-order valence-electron chi connectivity index (χ0n) is 16.2. The third kappa shape index (κ3) is 3.82. The molecule has 1 atom stereocenters. The molecule has 0 spiro atoms. The van der Waals surface area contributed by atoms with Gasteiger partial charge in [0.2, 0.25) is 0 Å². The summed E-state index contributed by atoms with van der Waals surface area (Å²) in [5.41, 5.74) is 1.46. The third-order valence-corrected chi connectivity index (χ3v) is 4.67. The lowest BCUT2D eigenvalue weighted by molar-refractivity contribution is -0.149. The smallest absolute Gasteiger partial charge is 0.329 e. The number of ether oxygens (including phenoxy) is 2. The van der Waals surface area contributed by atoms with Gasteiger partial charge in [-0.15, -0.1) is 0 Å². The molecule has 0 aromatic heterocycles. The second kappa shape index (κ2) is 7.43. The highest BCUT2D eigenvalue weighted by Crippen LogP contribution is 2.40. The Labute approximate surface area is 159 Å². The van der Waals surface area contributed by atoms with Crippen LogP contribution >= 0.6 is 0 Å². The lowest BCUT2D eigenvalue weighted by Crippen LogP contribution is -2.58. The highest BCUT2D eigenvalue weighted by atomic mass is 16.5. The zero-order valence-corrected chi connectivity index (χ0v) is 16.2. The van der Waals surface area contributed by atoms with Crippen LogP contribution in [0.25, 0.3) is 0 Å². The summed E-state index contributed by atoms with van der Waals surface area (Å²) in [6, 6.07) is 14.4. The average Bonchev–Trinajstić information content (AvgIpc) is 2.65. The van der Waals surface area contributed by atoms with Gasteiger partial charge in [-0.25, -0.2) is 4.79 Å². The third-order valence-electron chi connectivity index (χ3n) is 4.67. The largest absolute Gasteiger partial charge is 0.476 e. The highest BCUT2D eigenvalue weighted by Gasteiger charge is 2.45. The molecule has 3 rings (SSSR count). The molecule has 1 unspecified atom stereocenters. The van der Waals surface area contributed by atoms with Gasteiger partial charge in [0.15, 0.2) is 5.60 Å². The molecule has 0 radical (unpaired) electrons. The second-order valence-corrected chi connectivity index (χ2v) is 7.28. The Kier molecular flexibility index (Phi) is 5.22. The standard InChI is InChI=1S/C22H25NO4/c1-5-17(20(24)26-14-16-9-7-6-8-10-16)23-18-13-15(2)11-12-19(18)27-22(3,4)21(23)25/h6-13,17H,5,14H2,1-4H3. The van der Waals surface area contributed by atoms with E-state index >= 15 is 0 Å². The monoisotopic (exact) mass is 367 g/mol. The summed E-state index contributed by atoms with van der Waals surface area (Å²) in [6.07, 6.45) is 0.447. The van der Waals surface area contributed by atoms with Crippen LogP contribution in [-0.4, -0.2) is 23.5 Å². The molecular weight excluding hydrogens is 342 g/mol. The second-order valence-electron chi connectivity index (χ2n) is 7.28. The van der Waals surface area contributed by atoms with Crippen LogP contribution in [0.3, 0.4) is 0 Å². The van der Waals surface area contributed by atoms with Gasteiger partial charge >= 0.3 is 5.97 Å². The van der Waals surface area contributed by atoms with Crippen LogP contribution in [0.2, 0.25) is 0 Å². The number of hydrogen-bond acceptors (Lipinski definition) is 4. The van der Waals surface area contributed by atoms with Crippen LogP contribution in [0.15, 0.2) is 48.5 Å². The predicted molar refractivity (Wildman–Crippen MR) is 104 cm³/mol. The van der Waals surface area contributed by atoms with E-state index in [1.54, 1.807) is 18.7 Å². The molecule has 142 valence electrons. The molecule has 1 aliphatic rings. The molecular formula is C22H25NO4. The molecule has 2 aromatic rings. The molecule has 27 heavy (non-hydrogen) atoms. The van der Waals surface area contributed by atoms with Crippen molar-refractivity contribution in [1.29, 1.82) is 0 Å². The lowest BCUT2D eigenvalue weighted by atomic mass is 9.99. The van der Waals surface area contributed by atoms with E-state index in [1.807, 2.05) is 62.4 Å². The fourth-order valence-electron chi connectivity index (χ4n) is 3.21. The summed E-state index contributed by atoms with van der Waals surface area (Å²) in [6.45, 7) is 7.43. The highest BCUT2D eigenvalue weighted by molar-refractivity contribution is 6.06. The van der Waals surface area contributed by atoms with Gasteiger partial charge in [-0.2, -0.15) is 0 Å². The van der Waals surface area contributed by atoms with Crippen molar-refractivity contribution in [2.75, 3.05) is 4.90 Å². The summed E-state index contributed by atoms with van der Waals surface area (Å²) in [7, 11) is 0. The topological polar surface area (TPSA) is 55.8 Å². The summed E-state index contributed by atoms with van der Waals surface area (Å²) in [4.78, 5) is 27.5. The molecule has 0 aliphatic carbocycles. The molecule has 5 nitrogen and oxygen atoms in total. The molecule has 1 heterocycles. The maximum Gasteiger partial charge on any atom is 0.329 e. The van der Waals surface area contributed by atoms with Gasteiger partial charge in [-0.1, -0.05) is 43.3 Å². The van der Waals surface area contributed by atoms with Crippen LogP contribution in [0.4, 0.5) is 5.69 Å². The summed E-state index contributed by atoms with van der Waals surface area (Å²) in [5, 5.41) is 0. The van der Waals surface area contributed by atoms with Crippen LogP contribution in [0.1, 0.15) is 38.3 Å². The quantitative estimate of drug-likeness (QED) is 0.749. The molecule has 1 amide bonds. The number of carbonyl (C=O) groups is 2. The number of anilines is 1. The van der Waals surface area contributed by atoms with Crippen molar-refractivity contribution in [2.24, 2.45) is 0 Å². The number of nitrogens with zero attached hydrogens (tertiary/aromatic N) is 1. The Bertz CT molecular complexity index is 845. The van der Waals surface area contributed by atoms with Crippen LogP contribution in [0, 0.1) is 6.92 Å². The Balaban J connectivity index is 1.90. The zero-order chi connectivity index (χ0) is 19.6. The van der Waals surface area contributed by atoms with E-state index in [9.17, 15) is 9.59 Å². The Morgan fingerprint density at radius 2 is 1.89 bits per heavy atom. The number of esters is 1. The van der Waals surface area contributed by atoms with Gasteiger partial charge in [0, 0.05) is 0 Å². The number of rotatable bonds is 5. The normalized spacial score (nSPS) is 16.3. The van der Waals surface area contributed by atoms with E-state index in [1.165, 1.54) is 0 Å². The minimum Gasteiger partial charge on any atom is -0.476 e. The van der Waals surface area contributed by atoms with E-state index in [2.05, 4.69) is 0 Å². The molecule has 0 saturated heterocycles. The predicted octanol–water partition coefficient (Wildman–Crippen LogP) is 4.02. The first-order chi connectivity index (χ1) is 12.8. The molecule has 0 bridgehead atoms. The van der Waals surface area contributed by atoms with Crippen LogP contribution < -0.4 is 9.64 Å². The summed E-state index contributed by atoms with van der Waals surface area (Å²) in [5.74, 6) is -0.0662. The van der Waals surface area contributed by atoms with Crippen LogP contribution in [-0.2, 0) is 20.9 Å². The van der Waals surface area contributed by atoms with E-state index in [0.717, 1.165) is 11.1 Å². The Morgan fingerprint density at radius 3 is 2.56 bits per heavy atom. The fraction of sp³-hybridized carbons (Fsp3) is 0.364. The number of aryl methyl sites for hydroxylation is 1. The number of amides is 1. The number of hydrogen-bond donors (Lipinski definition) is 0. The van der Waals surface area contributed by atoms with E-state index < -0.39 is 17.6 Å². The molecule has 0 N–H and O–H groups in total. The summed E-state index contributed by atoms with van der Waals surface area (Å²) < 4.78 is 11.4. The first kappa shape index (κ1) is 19.0. The minimum atomic E-state index is -1.05. The van der Waals surface area contributed by atoms with Crippen molar-refractivity contribution in [2.45, 2.75) is 52.4 Å². The van der Waals surface area contributed by atoms with E-state index in [-0.39, 0.29) is 12.5 Å². The van der Waals surface area contributed by atoms with E-state index in [0.29, 0.717) is 17.9 Å². The lowest BCUT2D eigenvalue weighted by Gasteiger charge is -2.41. The van der Waals surface area contributed by atoms with Crippen molar-refractivity contribution >= 4 is 17.6 Å². The van der Waals surface area contributed by atoms with Gasteiger partial charge < -0.3 is 9.47 Å². The van der Waals surface area contributed by atoms with E-state index in [4.69, 9.17) is 9.47 Å². The van der Waals surface area contributed by atoms with Gasteiger partial charge in [-0.05, 0) is 50.5 Å². The molecule has 0 saturated carbocycles. The molecule has 0 fully saturated rings. The number of benzene rings is 2. The number of fused-ring (bicyclic) bond motifs is 1. The maximum atomic E-state index is 13.1. The van der Waals surface area contributed by atoms with Gasteiger partial charge in [0.25, 0.3) is 5.91 Å². The SMILES string of the molecule is CCC(C(=O)OCc1ccccc1)N1C(=O)C(C)(C)Oc2ccc(C)cc21. The Morgan fingerprint density at radius 1 is 1.19 bits per heavy atom. The number of carbonyl (C=O) groups excluding carboxylic acids is 2. The maximum absolute atomic E-state index is 13.1. The van der Waals surface area contributed by atoms with Gasteiger partial charge in [0.05, 0.1) is 5.69 Å². The Hall–Kier alpha value is -2.82. The van der Waals surface area contributed by atoms with Crippen molar-refractivity contribution < 1.29 is 19.1 Å². The van der Waals surface area contributed by atoms with Crippen molar-refractivity contribution in [3.05, 3.63) is 59.7 Å². The van der Waals surface area contributed by atoms with Crippen LogP contribution in [0.5, 0.6) is 5.75 Å². The molecule has 1 aliphatic heterocycles. The molecule has 5 heteroatoms. The summed E-state index contributed by atoms with van der Waals surface area (Å²) >= 11 is 0. The molecule has 2 aromatic carbocycles. The van der Waals surface area contributed by atoms with Gasteiger partial charge in [-0.3, -0.25) is 9.69 Å². The van der Waals surface area contributed by atoms with Crippen molar-refractivity contribution in [1.82, 2.24) is 0 Å². The van der Waals surface area contributed by atoms with Crippen molar-refractivity contribution in [3.63, 3.8) is 0 Å². The minimum absolute atomic E-state index is 0.179. The first-order valence-electron chi connectivity index (χ1n) is 9.17. The first-order valence-corrected chi connectivity index (χ1v) is 9.17. The fourth-order valence-corrected chi connectivity index (χ4v) is 3.21. The average molecular weight is 367 g/mol.